The van der Waals surface area contributed by atoms with Gasteiger partial charge in [0.25, 0.3) is 0 Å². The van der Waals surface area contributed by atoms with Crippen molar-refractivity contribution in [2.24, 2.45) is 0 Å². The second-order valence-electron chi connectivity index (χ2n) is 2.09. The Morgan fingerprint density at radius 1 is 1.64 bits per heavy atom. The summed E-state index contributed by atoms with van der Waals surface area (Å²) in [6.45, 7) is 4.67. The lowest BCUT2D eigenvalue weighted by atomic mass is 10.5. The van der Waals surface area contributed by atoms with Crippen molar-refractivity contribution in [2.75, 3.05) is 13.2 Å². The number of carbonyl (C=O) groups excluding carboxylic acids is 1. The van der Waals surface area contributed by atoms with Gasteiger partial charge in [-0.05, 0) is 6.92 Å². The Bertz CT molecular complexity index is 290. The molecule has 0 fully saturated rings. The summed E-state index contributed by atoms with van der Waals surface area (Å²) in [4.78, 5) is 13.4. The predicted octanol–water partition coefficient (Wildman–Crippen LogP) is 1.33. The van der Waals surface area contributed by atoms with Crippen LogP contribution < -0.4 is 0 Å². The number of diazo groups is 1. The van der Waals surface area contributed by atoms with Crippen LogP contribution in [-0.2, 0) is 14.3 Å². The Morgan fingerprint density at radius 3 is 2.71 bits per heavy atom. The van der Waals surface area contributed by atoms with Crippen LogP contribution in [0.5, 0.6) is 0 Å². The fourth-order valence-corrected chi connectivity index (χ4v) is 0.575. The molecule has 0 bridgehead atoms. The molecule has 0 amide bonds. The van der Waals surface area contributed by atoms with Crippen molar-refractivity contribution in [1.82, 2.24) is 0 Å². The highest BCUT2D eigenvalue weighted by atomic mass is 16.6. The van der Waals surface area contributed by atoms with Crippen molar-refractivity contribution < 1.29 is 19.4 Å². The van der Waals surface area contributed by atoms with Gasteiger partial charge in [-0.25, -0.2) is 4.79 Å². The second-order valence-corrected chi connectivity index (χ2v) is 2.09. The molecule has 0 unspecified atom stereocenters. The van der Waals surface area contributed by atoms with E-state index in [1.807, 2.05) is 0 Å². The number of rotatable bonds is 5. The van der Waals surface area contributed by atoms with Crippen molar-refractivity contribution in [2.45, 2.75) is 6.92 Å². The van der Waals surface area contributed by atoms with Crippen molar-refractivity contribution in [1.29, 1.82) is 5.39 Å². The summed E-state index contributed by atoms with van der Waals surface area (Å²) in [7, 11) is 0. The minimum absolute atomic E-state index is 0.228. The van der Waals surface area contributed by atoms with Gasteiger partial charge in [-0.2, -0.15) is 0 Å². The van der Waals surface area contributed by atoms with Crippen LogP contribution in [0.2, 0.25) is 0 Å². The molecule has 0 aliphatic rings. The first-order chi connectivity index (χ1) is 6.65. The number of carbonyl (C=O) groups is 1. The summed E-state index contributed by atoms with van der Waals surface area (Å²) in [5, 5.41) is 17.4. The molecule has 6 nitrogen and oxygen atoms in total. The van der Waals surface area contributed by atoms with Gasteiger partial charge < -0.3 is 14.6 Å². The third-order valence-corrected chi connectivity index (χ3v) is 1.15. The fraction of sp³-hybridized carbons (Fsp3) is 0.375. The Hall–Kier alpha value is -2.03. The number of aliphatic hydroxyl groups excluding tert-OH is 1. The maximum Gasteiger partial charge on any atom is 0.463 e. The van der Waals surface area contributed by atoms with Gasteiger partial charge in [-0.3, -0.25) is 0 Å². The van der Waals surface area contributed by atoms with Crippen LogP contribution in [0.1, 0.15) is 6.92 Å². The van der Waals surface area contributed by atoms with Gasteiger partial charge in [-0.15, -0.1) is 0 Å². The Morgan fingerprint density at radius 2 is 2.29 bits per heavy atom. The van der Waals surface area contributed by atoms with E-state index in [0.717, 1.165) is 6.08 Å². The SMILES string of the molecule is C=C/C([N+]#N)=C(/O)OCC(=O)OCC. The van der Waals surface area contributed by atoms with Gasteiger partial charge in [0, 0.05) is 6.08 Å². The number of allylic oxidation sites excluding steroid dienone is 1. The van der Waals surface area contributed by atoms with E-state index >= 15 is 0 Å². The zero-order valence-electron chi connectivity index (χ0n) is 7.77. The number of hydrogen-bond acceptors (Lipinski definition) is 5. The zero-order chi connectivity index (χ0) is 11.0. The second kappa shape index (κ2) is 6.48. The predicted molar refractivity (Wildman–Crippen MR) is 47.5 cm³/mol. The fourth-order valence-electron chi connectivity index (χ4n) is 0.575. The van der Waals surface area contributed by atoms with E-state index in [2.05, 4.69) is 21.0 Å². The Labute approximate surface area is 81.1 Å². The molecule has 14 heavy (non-hydrogen) atoms. The highest BCUT2D eigenvalue weighted by Crippen LogP contribution is 2.05. The molecule has 0 heterocycles. The van der Waals surface area contributed by atoms with Crippen LogP contribution in [-0.4, -0.2) is 24.3 Å². The first-order valence-electron chi connectivity index (χ1n) is 3.84. The van der Waals surface area contributed by atoms with E-state index in [1.165, 1.54) is 0 Å². The van der Waals surface area contributed by atoms with Gasteiger partial charge in [-0.1, -0.05) is 6.58 Å². The van der Waals surface area contributed by atoms with E-state index < -0.39 is 18.5 Å². The molecule has 6 heteroatoms. The topological polar surface area (TPSA) is 83.9 Å². The van der Waals surface area contributed by atoms with Crippen LogP contribution in [0.4, 0.5) is 0 Å². The number of hydrogen-bond donors (Lipinski definition) is 1. The summed E-state index contributed by atoms with van der Waals surface area (Å²) >= 11 is 0. The molecule has 0 aliphatic heterocycles. The summed E-state index contributed by atoms with van der Waals surface area (Å²) < 4.78 is 9.06. The quantitative estimate of drug-likeness (QED) is 0.312. The van der Waals surface area contributed by atoms with Crippen LogP contribution in [0.3, 0.4) is 0 Å². The van der Waals surface area contributed by atoms with Crippen molar-refractivity contribution in [3.8, 4) is 0 Å². The Balaban J connectivity index is 4.14. The van der Waals surface area contributed by atoms with Crippen molar-refractivity contribution >= 4 is 5.97 Å². The van der Waals surface area contributed by atoms with Crippen molar-refractivity contribution in [3.05, 3.63) is 29.3 Å². The molecule has 1 N–H and O–H groups in total. The zero-order valence-corrected chi connectivity index (χ0v) is 7.77. The maximum absolute atomic E-state index is 10.7. The lowest BCUT2D eigenvalue weighted by molar-refractivity contribution is -0.148. The van der Waals surface area contributed by atoms with Crippen LogP contribution in [0.15, 0.2) is 24.3 Å². The Kier molecular flexibility index (Phi) is 5.54. The summed E-state index contributed by atoms with van der Waals surface area (Å²) in [6.07, 6.45) is 1.07. The van der Waals surface area contributed by atoms with E-state index in [-0.39, 0.29) is 12.3 Å². The van der Waals surface area contributed by atoms with E-state index in [9.17, 15) is 4.79 Å². The maximum atomic E-state index is 10.7. The number of aliphatic hydroxyl groups is 1. The lowest BCUT2D eigenvalue weighted by Gasteiger charge is -2.01. The van der Waals surface area contributed by atoms with Crippen molar-refractivity contribution in [3.63, 3.8) is 0 Å². The first-order valence-corrected chi connectivity index (χ1v) is 3.84. The summed E-state index contributed by atoms with van der Waals surface area (Å²) in [5.74, 6) is -1.31. The molecule has 0 spiro atoms. The molecule has 76 valence electrons. The standard InChI is InChI=1S/C8H10N2O4/c1-3-6(10-9)8(12)14-5-7(11)13-4-2/h3H,1,4-5H2,2H3/p+1/b8-6+. The monoisotopic (exact) mass is 199 g/mol. The molecular formula is C8H11N2O4+. The van der Waals surface area contributed by atoms with E-state index in [1.54, 1.807) is 6.92 Å². The van der Waals surface area contributed by atoms with Crippen LogP contribution in [0.25, 0.3) is 4.98 Å². The van der Waals surface area contributed by atoms with Gasteiger partial charge in [0.1, 0.15) is 0 Å². The molecule has 0 saturated carbocycles. The smallest absolute Gasteiger partial charge is 0.463 e. The average molecular weight is 199 g/mol. The minimum Gasteiger partial charge on any atom is -0.475 e. The highest BCUT2D eigenvalue weighted by Gasteiger charge is 2.17. The largest absolute Gasteiger partial charge is 0.475 e. The lowest BCUT2D eigenvalue weighted by Crippen LogP contribution is -2.12. The molecule has 0 aliphatic carbocycles. The van der Waals surface area contributed by atoms with Gasteiger partial charge in [0.2, 0.25) is 5.39 Å². The van der Waals surface area contributed by atoms with Crippen LogP contribution in [0, 0.1) is 5.39 Å². The number of ether oxygens (including phenoxy) is 2. The normalized spacial score (nSPS) is 10.9. The van der Waals surface area contributed by atoms with E-state index in [0.29, 0.717) is 0 Å². The molecule has 0 aromatic carbocycles. The summed E-state index contributed by atoms with van der Waals surface area (Å²) in [5.41, 5.74) is -0.255. The van der Waals surface area contributed by atoms with E-state index in [4.69, 9.17) is 10.5 Å². The van der Waals surface area contributed by atoms with Gasteiger partial charge >= 0.3 is 17.6 Å². The highest BCUT2D eigenvalue weighted by molar-refractivity contribution is 5.70. The molecule has 0 aromatic heterocycles. The molecule has 0 atom stereocenters. The van der Waals surface area contributed by atoms with Gasteiger partial charge in [0.05, 0.1) is 6.61 Å². The minimum atomic E-state index is -0.685. The summed E-state index contributed by atoms with van der Waals surface area (Å²) in [6, 6.07) is 0. The average Bonchev–Trinajstić information content (AvgIpc) is 2.17. The molecule has 0 saturated heterocycles. The molecule has 0 aromatic rings. The third kappa shape index (κ3) is 4.11. The van der Waals surface area contributed by atoms with Gasteiger partial charge in [0.15, 0.2) is 11.6 Å². The molecular weight excluding hydrogens is 188 g/mol. The van der Waals surface area contributed by atoms with Crippen LogP contribution >= 0.6 is 0 Å². The molecule has 0 radical (unpaired) electrons. The number of esters is 1. The molecule has 0 rings (SSSR count). The number of nitrogens with zero attached hydrogens (tertiary/aromatic N) is 2. The third-order valence-electron chi connectivity index (χ3n) is 1.15. The first kappa shape index (κ1) is 12.0.